The number of hydrogen-bond donors (Lipinski definition) is 4. The highest BCUT2D eigenvalue weighted by Crippen LogP contribution is 2.22. The number of carbonyl (C=O) groups is 2. The number of phenols is 2. The number of hydrogen-bond acceptors (Lipinski definition) is 6. The van der Waals surface area contributed by atoms with E-state index < -0.39 is 22.5 Å². The molecule has 0 radical (unpaired) electrons. The Kier molecular flexibility index (Phi) is 4.41. The molecule has 0 fully saturated rings. The number of rotatable bonds is 3. The van der Waals surface area contributed by atoms with Crippen molar-refractivity contribution in [1.29, 1.82) is 0 Å². The minimum Gasteiger partial charge on any atom is -0.508 e. The molecule has 0 aliphatic heterocycles. The fourth-order valence-corrected chi connectivity index (χ4v) is 1.70. The van der Waals surface area contributed by atoms with Gasteiger partial charge in [0.15, 0.2) is 0 Å². The van der Waals surface area contributed by atoms with E-state index in [1.165, 1.54) is 24.3 Å². The molecule has 0 unspecified atom stereocenters. The van der Waals surface area contributed by atoms with E-state index in [0.29, 0.717) is 0 Å². The van der Waals surface area contributed by atoms with E-state index in [0.717, 1.165) is 18.2 Å². The summed E-state index contributed by atoms with van der Waals surface area (Å²) >= 11 is 0. The van der Waals surface area contributed by atoms with E-state index in [1.807, 2.05) is 0 Å². The highest BCUT2D eigenvalue weighted by Gasteiger charge is 2.14. The summed E-state index contributed by atoms with van der Waals surface area (Å²) in [6.07, 6.45) is 0. The highest BCUT2D eigenvalue weighted by molar-refractivity contribution is 6.00. The van der Waals surface area contributed by atoms with Gasteiger partial charge in [-0.2, -0.15) is 0 Å². The van der Waals surface area contributed by atoms with Crippen molar-refractivity contribution in [3.63, 3.8) is 0 Å². The Labute approximate surface area is 129 Å². The number of amides is 2. The highest BCUT2D eigenvalue weighted by atomic mass is 16.6. The minimum atomic E-state index is -0.794. The molecule has 118 valence electrons. The number of benzene rings is 2. The molecule has 0 bridgehead atoms. The van der Waals surface area contributed by atoms with Crippen LogP contribution in [-0.4, -0.2) is 27.0 Å². The van der Waals surface area contributed by atoms with Gasteiger partial charge < -0.3 is 10.2 Å². The first kappa shape index (κ1) is 15.8. The number of non-ortho nitro benzene ring substituents is 1. The van der Waals surface area contributed by atoms with Gasteiger partial charge in [-0.1, -0.05) is 0 Å². The summed E-state index contributed by atoms with van der Waals surface area (Å²) in [6, 6.07) is 8.14. The van der Waals surface area contributed by atoms with Gasteiger partial charge in [0, 0.05) is 23.8 Å². The molecule has 2 rings (SSSR count). The van der Waals surface area contributed by atoms with E-state index in [2.05, 4.69) is 10.9 Å². The maximum Gasteiger partial charge on any atom is 0.273 e. The predicted octanol–water partition coefficient (Wildman–Crippen LogP) is 1.08. The van der Waals surface area contributed by atoms with Crippen molar-refractivity contribution in [1.82, 2.24) is 10.9 Å². The SMILES string of the molecule is O=C(NNC(=O)c1ccc(O)cc1O)c1ccc([N+](=O)[O-])cc1. The fourth-order valence-electron chi connectivity index (χ4n) is 1.70. The van der Waals surface area contributed by atoms with Gasteiger partial charge in [-0.3, -0.25) is 30.6 Å². The Morgan fingerprint density at radius 2 is 1.57 bits per heavy atom. The number of nitro benzene ring substituents is 1. The van der Waals surface area contributed by atoms with E-state index in [1.54, 1.807) is 0 Å². The lowest BCUT2D eigenvalue weighted by atomic mass is 10.2. The van der Waals surface area contributed by atoms with Gasteiger partial charge >= 0.3 is 0 Å². The Bertz CT molecular complexity index is 773. The van der Waals surface area contributed by atoms with Gasteiger partial charge in [-0.05, 0) is 24.3 Å². The zero-order valence-electron chi connectivity index (χ0n) is 11.5. The number of hydrazine groups is 1. The van der Waals surface area contributed by atoms with Crippen LogP contribution in [0.4, 0.5) is 5.69 Å². The first-order valence-electron chi connectivity index (χ1n) is 6.25. The zero-order chi connectivity index (χ0) is 17.0. The Morgan fingerprint density at radius 1 is 0.957 bits per heavy atom. The third kappa shape index (κ3) is 3.73. The second-order valence-electron chi connectivity index (χ2n) is 4.41. The predicted molar refractivity (Wildman–Crippen MR) is 77.8 cm³/mol. The van der Waals surface area contributed by atoms with Gasteiger partial charge in [0.05, 0.1) is 10.5 Å². The summed E-state index contributed by atoms with van der Waals surface area (Å²) in [5.74, 6) is -2.15. The van der Waals surface area contributed by atoms with Crippen LogP contribution in [-0.2, 0) is 0 Å². The van der Waals surface area contributed by atoms with Gasteiger partial charge in [-0.25, -0.2) is 0 Å². The molecule has 0 saturated heterocycles. The second-order valence-corrected chi connectivity index (χ2v) is 4.41. The van der Waals surface area contributed by atoms with Crippen LogP contribution in [0.5, 0.6) is 11.5 Å². The third-order valence-corrected chi connectivity index (χ3v) is 2.86. The number of nitrogens with zero attached hydrogens (tertiary/aromatic N) is 1. The molecule has 23 heavy (non-hydrogen) atoms. The molecule has 2 aromatic rings. The van der Waals surface area contributed by atoms with Crippen molar-refractivity contribution in [2.45, 2.75) is 0 Å². The molecule has 9 nitrogen and oxygen atoms in total. The van der Waals surface area contributed by atoms with Crippen LogP contribution in [0, 0.1) is 10.1 Å². The van der Waals surface area contributed by atoms with Crippen LogP contribution in [0.3, 0.4) is 0 Å². The van der Waals surface area contributed by atoms with Crippen molar-refractivity contribution < 1.29 is 24.7 Å². The minimum absolute atomic E-state index is 0.103. The van der Waals surface area contributed by atoms with E-state index in [4.69, 9.17) is 5.11 Å². The molecule has 0 aliphatic carbocycles. The van der Waals surface area contributed by atoms with Crippen molar-refractivity contribution in [2.24, 2.45) is 0 Å². The number of carbonyl (C=O) groups excluding carboxylic acids is 2. The van der Waals surface area contributed by atoms with Gasteiger partial charge in [0.25, 0.3) is 17.5 Å². The second kappa shape index (κ2) is 6.43. The van der Waals surface area contributed by atoms with Crippen LogP contribution in [0.15, 0.2) is 42.5 Å². The summed E-state index contributed by atoms with van der Waals surface area (Å²) in [7, 11) is 0. The normalized spacial score (nSPS) is 9.91. The summed E-state index contributed by atoms with van der Waals surface area (Å²) in [6.45, 7) is 0. The molecular formula is C14H11N3O6. The van der Waals surface area contributed by atoms with Crippen LogP contribution < -0.4 is 10.9 Å². The quantitative estimate of drug-likeness (QED) is 0.493. The summed E-state index contributed by atoms with van der Waals surface area (Å²) in [5, 5.41) is 29.2. The van der Waals surface area contributed by atoms with E-state index >= 15 is 0 Å². The lowest BCUT2D eigenvalue weighted by molar-refractivity contribution is -0.384. The van der Waals surface area contributed by atoms with Crippen molar-refractivity contribution >= 4 is 17.5 Å². The molecule has 2 amide bonds. The van der Waals surface area contributed by atoms with Crippen LogP contribution >= 0.6 is 0 Å². The molecule has 0 heterocycles. The molecule has 0 atom stereocenters. The Morgan fingerprint density at radius 3 is 2.13 bits per heavy atom. The van der Waals surface area contributed by atoms with Crippen LogP contribution in [0.1, 0.15) is 20.7 Å². The van der Waals surface area contributed by atoms with Crippen LogP contribution in [0.25, 0.3) is 0 Å². The Balaban J connectivity index is 2.00. The van der Waals surface area contributed by atoms with E-state index in [-0.39, 0.29) is 22.6 Å². The van der Waals surface area contributed by atoms with Crippen molar-refractivity contribution in [3.8, 4) is 11.5 Å². The number of nitro groups is 1. The largest absolute Gasteiger partial charge is 0.508 e. The maximum atomic E-state index is 11.8. The Hall–Kier alpha value is -3.62. The zero-order valence-corrected chi connectivity index (χ0v) is 11.5. The average molecular weight is 317 g/mol. The van der Waals surface area contributed by atoms with Crippen molar-refractivity contribution in [3.05, 3.63) is 63.7 Å². The van der Waals surface area contributed by atoms with Crippen molar-refractivity contribution in [2.75, 3.05) is 0 Å². The first-order valence-corrected chi connectivity index (χ1v) is 6.25. The van der Waals surface area contributed by atoms with Gasteiger partial charge in [0.1, 0.15) is 11.5 Å². The molecule has 9 heteroatoms. The number of aromatic hydroxyl groups is 2. The topological polar surface area (TPSA) is 142 Å². The maximum absolute atomic E-state index is 11.8. The standard InChI is InChI=1S/C14H11N3O6/c18-10-5-6-11(12(19)7-10)14(21)16-15-13(20)8-1-3-9(4-2-8)17(22)23/h1-7,18-19H,(H,15,20)(H,16,21). The fraction of sp³-hybridized carbons (Fsp3) is 0. The monoisotopic (exact) mass is 317 g/mol. The molecule has 0 aliphatic rings. The molecule has 0 saturated carbocycles. The van der Waals surface area contributed by atoms with Gasteiger partial charge in [0.2, 0.25) is 0 Å². The summed E-state index contributed by atoms with van der Waals surface area (Å²) in [4.78, 5) is 33.5. The molecule has 2 aromatic carbocycles. The molecule has 0 spiro atoms. The lowest BCUT2D eigenvalue weighted by Crippen LogP contribution is -2.41. The molecule has 4 N–H and O–H groups in total. The summed E-state index contributed by atoms with van der Waals surface area (Å²) < 4.78 is 0. The number of phenolic OH excluding ortho intramolecular Hbond substituents is 2. The smallest absolute Gasteiger partial charge is 0.273 e. The molecular weight excluding hydrogens is 306 g/mol. The van der Waals surface area contributed by atoms with E-state index in [9.17, 15) is 24.8 Å². The number of nitrogens with one attached hydrogen (secondary N) is 2. The van der Waals surface area contributed by atoms with Crippen LogP contribution in [0.2, 0.25) is 0 Å². The molecule has 0 aromatic heterocycles. The third-order valence-electron chi connectivity index (χ3n) is 2.86. The van der Waals surface area contributed by atoms with Gasteiger partial charge in [-0.15, -0.1) is 0 Å². The average Bonchev–Trinajstić information content (AvgIpc) is 2.52. The summed E-state index contributed by atoms with van der Waals surface area (Å²) in [5.41, 5.74) is 3.98. The first-order chi connectivity index (χ1) is 10.9. The lowest BCUT2D eigenvalue weighted by Gasteiger charge is -2.08.